The quantitative estimate of drug-likeness (QED) is 0.860. The lowest BCUT2D eigenvalue weighted by Gasteiger charge is -2.33. The third-order valence-corrected chi connectivity index (χ3v) is 5.51. The molecule has 1 amide bonds. The van der Waals surface area contributed by atoms with Gasteiger partial charge in [-0.15, -0.1) is 0 Å². The summed E-state index contributed by atoms with van der Waals surface area (Å²) in [6.45, 7) is 1.95. The number of likely N-dealkylation sites (N-methyl/N-ethyl adjacent to an activating group) is 1. The highest BCUT2D eigenvalue weighted by atomic mass is 16.4. The predicted octanol–water partition coefficient (Wildman–Crippen LogP) is 1.68. The van der Waals surface area contributed by atoms with Crippen molar-refractivity contribution < 1.29 is 9.21 Å². The van der Waals surface area contributed by atoms with Crippen LogP contribution in [0.4, 0.5) is 0 Å². The van der Waals surface area contributed by atoms with Gasteiger partial charge in [0.1, 0.15) is 6.54 Å². The van der Waals surface area contributed by atoms with E-state index in [1.54, 1.807) is 6.07 Å². The van der Waals surface area contributed by atoms with Crippen molar-refractivity contribution in [1.29, 1.82) is 0 Å². The van der Waals surface area contributed by atoms with Crippen molar-refractivity contribution in [2.45, 2.75) is 44.3 Å². The van der Waals surface area contributed by atoms with Gasteiger partial charge < -0.3 is 14.2 Å². The third-order valence-electron chi connectivity index (χ3n) is 5.51. The summed E-state index contributed by atoms with van der Waals surface area (Å²) >= 11 is 0. The summed E-state index contributed by atoms with van der Waals surface area (Å²) in [5.74, 6) is -0.440. The molecular weight excluding hydrogens is 306 g/mol. The number of carbonyl (C=O) groups excluding carboxylic acids is 1. The van der Waals surface area contributed by atoms with Crippen molar-refractivity contribution in [2.75, 3.05) is 20.1 Å². The Labute approximate surface area is 140 Å². The van der Waals surface area contributed by atoms with Crippen LogP contribution in [-0.4, -0.2) is 52.5 Å². The number of hydrogen-bond acceptors (Lipinski definition) is 4. The summed E-state index contributed by atoms with van der Waals surface area (Å²) in [6, 6.07) is 7.98. The molecule has 1 aromatic carbocycles. The Hall–Kier alpha value is -2.08. The van der Waals surface area contributed by atoms with Crippen molar-refractivity contribution in [3.05, 3.63) is 34.8 Å². The molecule has 128 valence electrons. The summed E-state index contributed by atoms with van der Waals surface area (Å²) in [4.78, 5) is 29.3. The SMILES string of the molecule is CN1CCCC1C1CCCN1C(=O)Cn1c(=O)oc2ccccc21. The van der Waals surface area contributed by atoms with E-state index in [1.807, 2.05) is 23.1 Å². The Kier molecular flexibility index (Phi) is 3.92. The normalized spacial score (nSPS) is 25.0. The van der Waals surface area contributed by atoms with Gasteiger partial charge in [-0.3, -0.25) is 9.36 Å². The van der Waals surface area contributed by atoms with Crippen LogP contribution in [0.2, 0.25) is 0 Å². The van der Waals surface area contributed by atoms with E-state index < -0.39 is 5.76 Å². The minimum atomic E-state index is -0.460. The molecule has 0 aliphatic carbocycles. The van der Waals surface area contributed by atoms with E-state index in [0.29, 0.717) is 17.1 Å². The fourth-order valence-electron chi connectivity index (χ4n) is 4.31. The van der Waals surface area contributed by atoms with Crippen molar-refractivity contribution in [1.82, 2.24) is 14.4 Å². The van der Waals surface area contributed by atoms with Gasteiger partial charge >= 0.3 is 5.76 Å². The molecular formula is C18H23N3O3. The topological polar surface area (TPSA) is 58.7 Å². The minimum Gasteiger partial charge on any atom is -0.408 e. The molecule has 2 saturated heterocycles. The summed E-state index contributed by atoms with van der Waals surface area (Å²) in [5, 5.41) is 0. The van der Waals surface area contributed by atoms with E-state index in [-0.39, 0.29) is 18.5 Å². The largest absolute Gasteiger partial charge is 0.420 e. The van der Waals surface area contributed by atoms with Crippen LogP contribution >= 0.6 is 0 Å². The zero-order chi connectivity index (χ0) is 16.7. The van der Waals surface area contributed by atoms with Gasteiger partial charge in [0.2, 0.25) is 5.91 Å². The molecule has 2 fully saturated rings. The van der Waals surface area contributed by atoms with Crippen LogP contribution in [0.3, 0.4) is 0 Å². The molecule has 4 rings (SSSR count). The van der Waals surface area contributed by atoms with Gasteiger partial charge in [0, 0.05) is 18.6 Å². The van der Waals surface area contributed by atoms with Gasteiger partial charge in [-0.25, -0.2) is 4.79 Å². The van der Waals surface area contributed by atoms with E-state index in [2.05, 4.69) is 11.9 Å². The molecule has 0 bridgehead atoms. The average molecular weight is 329 g/mol. The van der Waals surface area contributed by atoms with Crippen molar-refractivity contribution in [2.24, 2.45) is 0 Å². The van der Waals surface area contributed by atoms with E-state index in [9.17, 15) is 9.59 Å². The monoisotopic (exact) mass is 329 g/mol. The molecule has 24 heavy (non-hydrogen) atoms. The van der Waals surface area contributed by atoms with Crippen molar-refractivity contribution in [3.63, 3.8) is 0 Å². The maximum atomic E-state index is 12.9. The lowest BCUT2D eigenvalue weighted by Crippen LogP contribution is -2.48. The Balaban J connectivity index is 1.57. The fraction of sp³-hybridized carbons (Fsp3) is 0.556. The molecule has 0 saturated carbocycles. The molecule has 0 N–H and O–H groups in total. The summed E-state index contributed by atoms with van der Waals surface area (Å²) in [6.07, 6.45) is 4.45. The Morgan fingerprint density at radius 3 is 2.71 bits per heavy atom. The highest BCUT2D eigenvalue weighted by molar-refractivity contribution is 5.80. The number of oxazole rings is 1. The van der Waals surface area contributed by atoms with Gasteiger partial charge in [-0.05, 0) is 51.4 Å². The first-order valence-corrected chi connectivity index (χ1v) is 8.73. The first kappa shape index (κ1) is 15.4. The number of benzene rings is 1. The highest BCUT2D eigenvalue weighted by Gasteiger charge is 2.38. The number of aromatic nitrogens is 1. The lowest BCUT2D eigenvalue weighted by atomic mass is 10.0. The van der Waals surface area contributed by atoms with Gasteiger partial charge in [0.25, 0.3) is 0 Å². The summed E-state index contributed by atoms with van der Waals surface area (Å²) in [5.41, 5.74) is 1.22. The predicted molar refractivity (Wildman–Crippen MR) is 90.9 cm³/mol. The maximum Gasteiger partial charge on any atom is 0.420 e. The highest BCUT2D eigenvalue weighted by Crippen LogP contribution is 2.29. The van der Waals surface area contributed by atoms with Crippen molar-refractivity contribution in [3.8, 4) is 0 Å². The summed E-state index contributed by atoms with van der Waals surface area (Å²) in [7, 11) is 2.15. The van der Waals surface area contributed by atoms with Crippen molar-refractivity contribution >= 4 is 17.0 Å². The standard InChI is InChI=1S/C18H23N3O3/c1-19-10-4-7-13(19)14-8-5-11-20(14)17(22)12-21-15-6-2-3-9-16(15)24-18(21)23/h2-3,6,9,13-14H,4-5,7-8,10-12H2,1H3. The van der Waals surface area contributed by atoms with Crippen LogP contribution in [-0.2, 0) is 11.3 Å². The third kappa shape index (κ3) is 2.55. The second kappa shape index (κ2) is 6.09. The number of amides is 1. The van der Waals surface area contributed by atoms with E-state index in [0.717, 1.165) is 32.4 Å². The van der Waals surface area contributed by atoms with Gasteiger partial charge in [0.15, 0.2) is 5.58 Å². The fourth-order valence-corrected chi connectivity index (χ4v) is 4.31. The molecule has 1 aromatic heterocycles. The van der Waals surface area contributed by atoms with Crippen LogP contribution in [0.25, 0.3) is 11.1 Å². The van der Waals surface area contributed by atoms with Gasteiger partial charge in [-0.2, -0.15) is 0 Å². The zero-order valence-electron chi connectivity index (χ0n) is 14.0. The number of hydrogen-bond donors (Lipinski definition) is 0. The number of carbonyl (C=O) groups is 1. The summed E-state index contributed by atoms with van der Waals surface area (Å²) < 4.78 is 6.68. The molecule has 3 heterocycles. The molecule has 2 atom stereocenters. The Morgan fingerprint density at radius 1 is 1.17 bits per heavy atom. The Bertz CT molecular complexity index is 809. The first-order chi connectivity index (χ1) is 11.6. The number of fused-ring (bicyclic) bond motifs is 1. The molecule has 2 aromatic rings. The molecule has 6 nitrogen and oxygen atoms in total. The molecule has 0 radical (unpaired) electrons. The molecule has 2 unspecified atom stereocenters. The van der Waals surface area contributed by atoms with Crippen LogP contribution in [0.5, 0.6) is 0 Å². The Morgan fingerprint density at radius 2 is 1.92 bits per heavy atom. The minimum absolute atomic E-state index is 0.0199. The van der Waals surface area contributed by atoms with Crippen LogP contribution in [0.1, 0.15) is 25.7 Å². The molecule has 6 heteroatoms. The van der Waals surface area contributed by atoms with Crippen LogP contribution in [0, 0.1) is 0 Å². The van der Waals surface area contributed by atoms with E-state index in [1.165, 1.54) is 11.0 Å². The number of para-hydroxylation sites is 2. The lowest BCUT2D eigenvalue weighted by molar-refractivity contribution is -0.133. The van der Waals surface area contributed by atoms with E-state index in [4.69, 9.17) is 4.42 Å². The molecule has 2 aliphatic heterocycles. The zero-order valence-corrected chi connectivity index (χ0v) is 14.0. The average Bonchev–Trinajstić information content (AvgIpc) is 3.27. The molecule has 2 aliphatic rings. The first-order valence-electron chi connectivity index (χ1n) is 8.73. The maximum absolute atomic E-state index is 12.9. The second-order valence-corrected chi connectivity index (χ2v) is 6.91. The van der Waals surface area contributed by atoms with Gasteiger partial charge in [-0.1, -0.05) is 12.1 Å². The number of likely N-dealkylation sites (tertiary alicyclic amines) is 2. The van der Waals surface area contributed by atoms with E-state index >= 15 is 0 Å². The smallest absolute Gasteiger partial charge is 0.408 e. The number of nitrogens with zero attached hydrogens (tertiary/aromatic N) is 3. The second-order valence-electron chi connectivity index (χ2n) is 6.91. The molecule has 0 spiro atoms. The number of rotatable bonds is 3. The van der Waals surface area contributed by atoms with Gasteiger partial charge in [0.05, 0.1) is 5.52 Å². The van der Waals surface area contributed by atoms with Crippen LogP contribution in [0.15, 0.2) is 33.5 Å². The van der Waals surface area contributed by atoms with Crippen LogP contribution < -0.4 is 5.76 Å².